The highest BCUT2D eigenvalue weighted by Gasteiger charge is 2.33. The van der Waals surface area contributed by atoms with Crippen molar-refractivity contribution in [1.82, 2.24) is 14.9 Å². The Hall–Kier alpha value is -3.21. The standard InChI is InChI=1S/C21H19N3O2/c25-21(24(18-7-8-18)15-16-10-12-22-13-11-16)17-6-9-20(23-14-17)26-19-4-2-1-3-5-19/h1-6,9-14,18H,7-8,15H2. The summed E-state index contributed by atoms with van der Waals surface area (Å²) in [6.07, 6.45) is 7.20. The van der Waals surface area contributed by atoms with Crippen LogP contribution in [-0.2, 0) is 6.54 Å². The number of carbonyl (C=O) groups is 1. The van der Waals surface area contributed by atoms with Gasteiger partial charge in [0.15, 0.2) is 0 Å². The van der Waals surface area contributed by atoms with E-state index in [4.69, 9.17) is 4.74 Å². The summed E-state index contributed by atoms with van der Waals surface area (Å²) in [4.78, 5) is 23.2. The van der Waals surface area contributed by atoms with E-state index in [9.17, 15) is 4.79 Å². The molecule has 1 amide bonds. The maximum absolute atomic E-state index is 12.9. The fourth-order valence-electron chi connectivity index (χ4n) is 2.78. The van der Waals surface area contributed by atoms with Crippen LogP contribution in [0, 0.1) is 0 Å². The van der Waals surface area contributed by atoms with Gasteiger partial charge >= 0.3 is 0 Å². The molecule has 5 heteroatoms. The SMILES string of the molecule is O=C(c1ccc(Oc2ccccc2)nc1)N(Cc1ccncc1)C1CC1. The molecule has 3 aromatic rings. The molecule has 1 aromatic carbocycles. The quantitative estimate of drug-likeness (QED) is 0.676. The summed E-state index contributed by atoms with van der Waals surface area (Å²) in [5, 5.41) is 0. The molecule has 1 aliphatic carbocycles. The van der Waals surface area contributed by atoms with E-state index in [1.165, 1.54) is 0 Å². The fraction of sp³-hybridized carbons (Fsp3) is 0.190. The van der Waals surface area contributed by atoms with Crippen molar-refractivity contribution in [2.24, 2.45) is 0 Å². The lowest BCUT2D eigenvalue weighted by Crippen LogP contribution is -2.32. The van der Waals surface area contributed by atoms with Gasteiger partial charge in [0.05, 0.1) is 5.56 Å². The van der Waals surface area contributed by atoms with Crippen LogP contribution in [-0.4, -0.2) is 26.8 Å². The fourth-order valence-corrected chi connectivity index (χ4v) is 2.78. The zero-order chi connectivity index (χ0) is 17.8. The van der Waals surface area contributed by atoms with Gasteiger partial charge in [-0.3, -0.25) is 9.78 Å². The smallest absolute Gasteiger partial charge is 0.255 e. The number of rotatable bonds is 6. The second kappa shape index (κ2) is 7.35. The van der Waals surface area contributed by atoms with Gasteiger partial charge in [-0.25, -0.2) is 4.98 Å². The Morgan fingerprint density at radius 3 is 2.46 bits per heavy atom. The van der Waals surface area contributed by atoms with E-state index >= 15 is 0 Å². The van der Waals surface area contributed by atoms with E-state index in [-0.39, 0.29) is 5.91 Å². The van der Waals surface area contributed by atoms with Gasteiger partial charge in [-0.05, 0) is 48.7 Å². The molecule has 0 N–H and O–H groups in total. The highest BCUT2D eigenvalue weighted by molar-refractivity contribution is 5.94. The molecule has 26 heavy (non-hydrogen) atoms. The van der Waals surface area contributed by atoms with E-state index in [1.54, 1.807) is 30.7 Å². The average Bonchev–Trinajstić information content (AvgIpc) is 3.53. The van der Waals surface area contributed by atoms with Gasteiger partial charge in [0.25, 0.3) is 5.91 Å². The van der Waals surface area contributed by atoms with Gasteiger partial charge in [-0.2, -0.15) is 0 Å². The van der Waals surface area contributed by atoms with Crippen LogP contribution in [0.15, 0.2) is 73.2 Å². The number of aromatic nitrogens is 2. The Labute approximate surface area is 152 Å². The summed E-state index contributed by atoms with van der Waals surface area (Å²) in [5.41, 5.74) is 1.66. The number of para-hydroxylation sites is 1. The van der Waals surface area contributed by atoms with Crippen molar-refractivity contribution in [2.45, 2.75) is 25.4 Å². The van der Waals surface area contributed by atoms with Crippen molar-refractivity contribution in [3.05, 3.63) is 84.3 Å². The third kappa shape index (κ3) is 3.88. The maximum atomic E-state index is 12.9. The molecular weight excluding hydrogens is 326 g/mol. The Bertz CT molecular complexity index is 863. The van der Waals surface area contributed by atoms with Gasteiger partial charge in [-0.15, -0.1) is 0 Å². The zero-order valence-electron chi connectivity index (χ0n) is 14.3. The van der Waals surface area contributed by atoms with E-state index in [1.807, 2.05) is 47.4 Å². The van der Waals surface area contributed by atoms with E-state index in [2.05, 4.69) is 9.97 Å². The van der Waals surface area contributed by atoms with Crippen LogP contribution in [0.1, 0.15) is 28.8 Å². The molecule has 0 saturated heterocycles. The molecule has 5 nitrogen and oxygen atoms in total. The lowest BCUT2D eigenvalue weighted by Gasteiger charge is -2.22. The first kappa shape index (κ1) is 16.3. The molecule has 0 radical (unpaired) electrons. The average molecular weight is 345 g/mol. The molecule has 0 bridgehead atoms. The van der Waals surface area contributed by atoms with E-state index in [0.29, 0.717) is 24.0 Å². The minimum absolute atomic E-state index is 0.00285. The predicted molar refractivity (Wildman–Crippen MR) is 97.9 cm³/mol. The van der Waals surface area contributed by atoms with Gasteiger partial charge in [0.2, 0.25) is 5.88 Å². The molecule has 0 unspecified atom stereocenters. The summed E-state index contributed by atoms with van der Waals surface area (Å²) < 4.78 is 5.69. The van der Waals surface area contributed by atoms with Crippen LogP contribution in [0.2, 0.25) is 0 Å². The molecule has 0 spiro atoms. The lowest BCUT2D eigenvalue weighted by molar-refractivity contribution is 0.0729. The van der Waals surface area contributed by atoms with Gasteiger partial charge in [0.1, 0.15) is 5.75 Å². The molecule has 2 aromatic heterocycles. The normalized spacial score (nSPS) is 13.2. The molecule has 0 aliphatic heterocycles. The monoisotopic (exact) mass is 345 g/mol. The van der Waals surface area contributed by atoms with Crippen LogP contribution in [0.4, 0.5) is 0 Å². The second-order valence-electron chi connectivity index (χ2n) is 6.32. The number of benzene rings is 1. The predicted octanol–water partition coefficient (Wildman–Crippen LogP) is 4.07. The Morgan fingerprint density at radius 1 is 1.04 bits per heavy atom. The van der Waals surface area contributed by atoms with Crippen molar-refractivity contribution in [3.8, 4) is 11.6 Å². The number of amides is 1. The number of pyridine rings is 2. The highest BCUT2D eigenvalue weighted by atomic mass is 16.5. The first-order valence-corrected chi connectivity index (χ1v) is 8.68. The number of ether oxygens (including phenoxy) is 1. The number of hydrogen-bond acceptors (Lipinski definition) is 4. The Morgan fingerprint density at radius 2 is 1.81 bits per heavy atom. The maximum Gasteiger partial charge on any atom is 0.255 e. The first-order chi connectivity index (χ1) is 12.8. The van der Waals surface area contributed by atoms with Crippen LogP contribution >= 0.6 is 0 Å². The largest absolute Gasteiger partial charge is 0.439 e. The molecule has 130 valence electrons. The van der Waals surface area contributed by atoms with Gasteiger partial charge < -0.3 is 9.64 Å². The van der Waals surface area contributed by atoms with E-state index < -0.39 is 0 Å². The van der Waals surface area contributed by atoms with Crippen molar-refractivity contribution in [2.75, 3.05) is 0 Å². The third-order valence-corrected chi connectivity index (χ3v) is 4.30. The Balaban J connectivity index is 1.47. The number of nitrogens with zero attached hydrogens (tertiary/aromatic N) is 3. The van der Waals surface area contributed by atoms with Crippen molar-refractivity contribution < 1.29 is 9.53 Å². The summed E-state index contributed by atoms with van der Waals surface area (Å²) in [6, 6.07) is 17.2. The molecule has 1 fully saturated rings. The van der Waals surface area contributed by atoms with Crippen molar-refractivity contribution in [3.63, 3.8) is 0 Å². The topological polar surface area (TPSA) is 55.3 Å². The molecule has 1 aliphatic rings. The van der Waals surface area contributed by atoms with Crippen LogP contribution in [0.25, 0.3) is 0 Å². The zero-order valence-corrected chi connectivity index (χ0v) is 14.3. The number of hydrogen-bond donors (Lipinski definition) is 0. The molecular formula is C21H19N3O2. The summed E-state index contributed by atoms with van der Waals surface area (Å²) in [5.74, 6) is 1.19. The molecule has 4 rings (SSSR count). The minimum Gasteiger partial charge on any atom is -0.439 e. The number of carbonyl (C=O) groups excluding carboxylic acids is 1. The minimum atomic E-state index is 0.00285. The van der Waals surface area contributed by atoms with Crippen molar-refractivity contribution in [1.29, 1.82) is 0 Å². The summed E-state index contributed by atoms with van der Waals surface area (Å²) in [7, 11) is 0. The highest BCUT2D eigenvalue weighted by Crippen LogP contribution is 2.30. The summed E-state index contributed by atoms with van der Waals surface area (Å²) in [6.45, 7) is 0.592. The summed E-state index contributed by atoms with van der Waals surface area (Å²) >= 11 is 0. The molecule has 2 heterocycles. The molecule has 1 saturated carbocycles. The van der Waals surface area contributed by atoms with Crippen LogP contribution in [0.3, 0.4) is 0 Å². The second-order valence-corrected chi connectivity index (χ2v) is 6.32. The molecule has 0 atom stereocenters. The van der Waals surface area contributed by atoms with Crippen molar-refractivity contribution >= 4 is 5.91 Å². The van der Waals surface area contributed by atoms with Gasteiger partial charge in [-0.1, -0.05) is 18.2 Å². The van der Waals surface area contributed by atoms with Crippen LogP contribution in [0.5, 0.6) is 11.6 Å². The Kier molecular flexibility index (Phi) is 4.60. The van der Waals surface area contributed by atoms with Gasteiger partial charge in [0, 0.05) is 37.2 Å². The van der Waals surface area contributed by atoms with E-state index in [0.717, 1.165) is 24.2 Å². The lowest BCUT2D eigenvalue weighted by atomic mass is 10.2. The first-order valence-electron chi connectivity index (χ1n) is 8.68. The third-order valence-electron chi connectivity index (χ3n) is 4.30. The van der Waals surface area contributed by atoms with Crippen LogP contribution < -0.4 is 4.74 Å².